The largest absolute Gasteiger partial charge is 0.461 e. The zero-order valence-electron chi connectivity index (χ0n) is 18.3. The molecule has 0 radical (unpaired) electrons. The first-order valence-corrected chi connectivity index (χ1v) is 10.3. The SMILES string of the molecule is CCC(=O)OCc1ccc(NC(=O)[C@H](CCCNC(N)=O)NC(=O)C(N)C(C)C)cc1. The fourth-order valence-electron chi connectivity index (χ4n) is 2.54. The minimum absolute atomic E-state index is 0.0883. The molecule has 0 aliphatic heterocycles. The van der Waals surface area contributed by atoms with Crippen molar-refractivity contribution in [2.24, 2.45) is 17.4 Å². The summed E-state index contributed by atoms with van der Waals surface area (Å²) in [5, 5.41) is 7.88. The first-order valence-electron chi connectivity index (χ1n) is 10.3. The van der Waals surface area contributed by atoms with Crippen molar-refractivity contribution in [3.05, 3.63) is 29.8 Å². The summed E-state index contributed by atoms with van der Waals surface area (Å²) in [6, 6.07) is 4.59. The molecule has 0 aliphatic carbocycles. The second kappa shape index (κ2) is 13.2. The molecule has 10 nitrogen and oxygen atoms in total. The van der Waals surface area contributed by atoms with Crippen LogP contribution in [0.3, 0.4) is 0 Å². The van der Waals surface area contributed by atoms with E-state index < -0.39 is 29.9 Å². The Morgan fingerprint density at radius 3 is 2.26 bits per heavy atom. The van der Waals surface area contributed by atoms with E-state index >= 15 is 0 Å². The number of nitrogens with one attached hydrogen (secondary N) is 3. The second-order valence-electron chi connectivity index (χ2n) is 7.46. The number of urea groups is 1. The number of anilines is 1. The molecule has 0 heterocycles. The second-order valence-corrected chi connectivity index (χ2v) is 7.46. The monoisotopic (exact) mass is 435 g/mol. The smallest absolute Gasteiger partial charge is 0.312 e. The molecule has 0 bridgehead atoms. The summed E-state index contributed by atoms with van der Waals surface area (Å²) in [4.78, 5) is 47.2. The molecule has 172 valence electrons. The molecule has 2 atom stereocenters. The minimum atomic E-state index is -0.836. The molecule has 0 saturated heterocycles. The molecule has 1 rings (SSSR count). The molecule has 10 heteroatoms. The molecule has 1 aromatic carbocycles. The van der Waals surface area contributed by atoms with Crippen molar-refractivity contribution in [3.63, 3.8) is 0 Å². The molecule has 4 amide bonds. The maximum atomic E-state index is 12.8. The van der Waals surface area contributed by atoms with E-state index in [2.05, 4.69) is 16.0 Å². The van der Waals surface area contributed by atoms with Gasteiger partial charge in [0, 0.05) is 18.7 Å². The third-order valence-electron chi connectivity index (χ3n) is 4.53. The number of nitrogens with two attached hydrogens (primary N) is 2. The zero-order chi connectivity index (χ0) is 23.4. The summed E-state index contributed by atoms with van der Waals surface area (Å²) < 4.78 is 5.07. The molecule has 1 unspecified atom stereocenters. The van der Waals surface area contributed by atoms with E-state index in [1.54, 1.807) is 31.2 Å². The Morgan fingerprint density at radius 2 is 1.71 bits per heavy atom. The van der Waals surface area contributed by atoms with Gasteiger partial charge in [0.25, 0.3) is 0 Å². The highest BCUT2D eigenvalue weighted by Crippen LogP contribution is 2.12. The number of amides is 4. The van der Waals surface area contributed by atoms with Gasteiger partial charge in [0.05, 0.1) is 6.04 Å². The van der Waals surface area contributed by atoms with Crippen LogP contribution < -0.4 is 27.4 Å². The van der Waals surface area contributed by atoms with Crippen molar-refractivity contribution in [2.75, 3.05) is 11.9 Å². The zero-order valence-corrected chi connectivity index (χ0v) is 18.3. The molecule has 31 heavy (non-hydrogen) atoms. The van der Waals surface area contributed by atoms with Crippen LogP contribution in [0.15, 0.2) is 24.3 Å². The van der Waals surface area contributed by atoms with Crippen molar-refractivity contribution < 1.29 is 23.9 Å². The van der Waals surface area contributed by atoms with Crippen molar-refractivity contribution >= 4 is 29.5 Å². The Hall–Kier alpha value is -3.14. The van der Waals surface area contributed by atoms with Crippen LogP contribution in [-0.2, 0) is 25.7 Å². The number of hydrogen-bond donors (Lipinski definition) is 5. The topological polar surface area (TPSA) is 166 Å². The van der Waals surface area contributed by atoms with Crippen LogP contribution in [-0.4, -0.2) is 42.4 Å². The predicted molar refractivity (Wildman–Crippen MR) is 117 cm³/mol. The molecule has 0 spiro atoms. The van der Waals surface area contributed by atoms with E-state index in [1.165, 1.54) is 0 Å². The highest BCUT2D eigenvalue weighted by Gasteiger charge is 2.25. The summed E-state index contributed by atoms with van der Waals surface area (Å²) >= 11 is 0. The third kappa shape index (κ3) is 9.94. The predicted octanol–water partition coefficient (Wildman–Crippen LogP) is 0.995. The third-order valence-corrected chi connectivity index (χ3v) is 4.53. The van der Waals surface area contributed by atoms with E-state index in [1.807, 2.05) is 13.8 Å². The Kier molecular flexibility index (Phi) is 11.0. The summed E-state index contributed by atoms with van der Waals surface area (Å²) in [5.74, 6) is -1.21. The molecule has 0 aliphatic rings. The molecule has 1 aromatic rings. The van der Waals surface area contributed by atoms with Gasteiger partial charge in [-0.15, -0.1) is 0 Å². The lowest BCUT2D eigenvalue weighted by Crippen LogP contribution is -2.51. The number of rotatable bonds is 12. The van der Waals surface area contributed by atoms with Gasteiger partial charge in [-0.05, 0) is 36.5 Å². The molecule has 7 N–H and O–H groups in total. The van der Waals surface area contributed by atoms with Gasteiger partial charge < -0.3 is 32.2 Å². The molecule has 0 fully saturated rings. The Labute approximate surface area is 182 Å². The Morgan fingerprint density at radius 1 is 1.06 bits per heavy atom. The summed E-state index contributed by atoms with van der Waals surface area (Å²) in [6.45, 7) is 5.77. The van der Waals surface area contributed by atoms with Gasteiger partial charge in [0.2, 0.25) is 11.8 Å². The number of hydrogen-bond acceptors (Lipinski definition) is 6. The fourth-order valence-corrected chi connectivity index (χ4v) is 2.54. The van der Waals surface area contributed by atoms with E-state index in [9.17, 15) is 19.2 Å². The summed E-state index contributed by atoms with van der Waals surface area (Å²) in [7, 11) is 0. The van der Waals surface area contributed by atoms with E-state index in [0.29, 0.717) is 18.5 Å². The van der Waals surface area contributed by atoms with E-state index in [4.69, 9.17) is 16.2 Å². The standard InChI is InChI=1S/C21H33N5O5/c1-4-17(27)31-12-14-7-9-15(10-8-14)25-19(28)16(6-5-11-24-21(23)30)26-20(29)18(22)13(2)3/h7-10,13,16,18H,4-6,11-12,22H2,1-3H3,(H,25,28)(H,26,29)(H3,23,24,30)/t16-,18?/m0/s1. The quantitative estimate of drug-likeness (QED) is 0.242. The molecule has 0 saturated carbocycles. The van der Waals surface area contributed by atoms with Crippen molar-refractivity contribution in [2.45, 2.75) is 58.7 Å². The van der Waals surface area contributed by atoms with Gasteiger partial charge in [-0.25, -0.2) is 4.79 Å². The van der Waals surface area contributed by atoms with Crippen LogP contribution in [0.1, 0.15) is 45.6 Å². The first-order chi connectivity index (χ1) is 14.6. The van der Waals surface area contributed by atoms with Crippen LogP contribution in [0.25, 0.3) is 0 Å². The average molecular weight is 436 g/mol. The number of benzene rings is 1. The van der Waals surface area contributed by atoms with Gasteiger partial charge in [0.15, 0.2) is 0 Å². The number of ether oxygens (including phenoxy) is 1. The van der Waals surface area contributed by atoms with E-state index in [-0.39, 0.29) is 31.5 Å². The Bertz CT molecular complexity index is 751. The Balaban J connectivity index is 2.74. The van der Waals surface area contributed by atoms with Crippen LogP contribution in [0.5, 0.6) is 0 Å². The van der Waals surface area contributed by atoms with Gasteiger partial charge in [-0.3, -0.25) is 14.4 Å². The van der Waals surface area contributed by atoms with Gasteiger partial charge >= 0.3 is 12.0 Å². The van der Waals surface area contributed by atoms with Crippen LogP contribution in [0, 0.1) is 5.92 Å². The van der Waals surface area contributed by atoms with Gasteiger partial charge in [-0.2, -0.15) is 0 Å². The molecule has 0 aromatic heterocycles. The number of carbonyl (C=O) groups is 4. The minimum Gasteiger partial charge on any atom is -0.461 e. The lowest BCUT2D eigenvalue weighted by Gasteiger charge is -2.22. The maximum Gasteiger partial charge on any atom is 0.312 e. The highest BCUT2D eigenvalue weighted by atomic mass is 16.5. The first kappa shape index (κ1) is 25.9. The highest BCUT2D eigenvalue weighted by molar-refractivity contribution is 5.97. The van der Waals surface area contributed by atoms with Crippen LogP contribution >= 0.6 is 0 Å². The average Bonchev–Trinajstić information content (AvgIpc) is 2.73. The number of primary amides is 1. The lowest BCUT2D eigenvalue weighted by atomic mass is 10.0. The molecular weight excluding hydrogens is 402 g/mol. The fraction of sp³-hybridized carbons (Fsp3) is 0.524. The van der Waals surface area contributed by atoms with Crippen molar-refractivity contribution in [1.82, 2.24) is 10.6 Å². The summed E-state index contributed by atoms with van der Waals surface area (Å²) in [5.41, 5.74) is 12.2. The lowest BCUT2D eigenvalue weighted by molar-refractivity contribution is -0.144. The van der Waals surface area contributed by atoms with Gasteiger partial charge in [-0.1, -0.05) is 32.9 Å². The normalized spacial score (nSPS) is 12.5. The number of esters is 1. The van der Waals surface area contributed by atoms with Crippen LogP contribution in [0.2, 0.25) is 0 Å². The van der Waals surface area contributed by atoms with Crippen molar-refractivity contribution in [1.29, 1.82) is 0 Å². The van der Waals surface area contributed by atoms with E-state index in [0.717, 1.165) is 5.56 Å². The summed E-state index contributed by atoms with van der Waals surface area (Å²) in [6.07, 6.45) is 1.02. The number of carbonyl (C=O) groups excluding carboxylic acids is 4. The van der Waals surface area contributed by atoms with Crippen LogP contribution in [0.4, 0.5) is 10.5 Å². The maximum absolute atomic E-state index is 12.8. The van der Waals surface area contributed by atoms with Gasteiger partial charge in [0.1, 0.15) is 12.6 Å². The molecular formula is C21H33N5O5. The van der Waals surface area contributed by atoms with Crippen molar-refractivity contribution in [3.8, 4) is 0 Å².